The Balaban J connectivity index is 1.25. The predicted octanol–water partition coefficient (Wildman–Crippen LogP) is 0.851. The molecule has 0 bridgehead atoms. The van der Waals surface area contributed by atoms with E-state index in [0.29, 0.717) is 19.3 Å². The third kappa shape index (κ3) is 4.94. The van der Waals surface area contributed by atoms with Crippen LogP contribution in [0, 0.1) is 0 Å². The van der Waals surface area contributed by atoms with Gasteiger partial charge in [-0.25, -0.2) is 0 Å². The number of carbonyl (C=O) groups is 1. The van der Waals surface area contributed by atoms with Gasteiger partial charge < -0.3 is 24.6 Å². The minimum Gasteiger partial charge on any atom is -0.454 e. The Bertz CT molecular complexity index is 878. The van der Waals surface area contributed by atoms with Crippen LogP contribution in [-0.4, -0.2) is 45.4 Å². The van der Waals surface area contributed by atoms with E-state index in [1.165, 1.54) is 16.0 Å². The van der Waals surface area contributed by atoms with E-state index < -0.39 is 0 Å². The molecule has 0 radical (unpaired) electrons. The Morgan fingerprint density at radius 3 is 2.57 bits per heavy atom. The van der Waals surface area contributed by atoms with Crippen molar-refractivity contribution in [2.75, 3.05) is 44.8 Å². The van der Waals surface area contributed by atoms with Crippen LogP contribution in [0.4, 0.5) is 5.69 Å². The van der Waals surface area contributed by atoms with Crippen molar-refractivity contribution >= 4 is 11.6 Å². The van der Waals surface area contributed by atoms with Crippen LogP contribution >= 0.6 is 0 Å². The highest BCUT2D eigenvalue weighted by atomic mass is 16.7. The molecule has 0 aliphatic carbocycles. The third-order valence-electron chi connectivity index (χ3n) is 6.34. The highest BCUT2D eigenvalue weighted by molar-refractivity contribution is 5.92. The maximum atomic E-state index is 12.7. The summed E-state index contributed by atoms with van der Waals surface area (Å²) in [5, 5.41) is 3.16. The number of anilines is 1. The average Bonchev–Trinajstić information content (AvgIpc) is 3.23. The number of rotatable bonds is 7. The highest BCUT2D eigenvalue weighted by Crippen LogP contribution is 2.32. The first-order valence-corrected chi connectivity index (χ1v) is 11.1. The molecule has 1 atom stereocenters. The van der Waals surface area contributed by atoms with E-state index in [9.17, 15) is 4.79 Å². The van der Waals surface area contributed by atoms with Crippen LogP contribution in [0.2, 0.25) is 0 Å². The van der Waals surface area contributed by atoms with Gasteiger partial charge in [-0.05, 0) is 42.2 Å². The number of fused-ring (bicyclic) bond motifs is 1. The molecule has 2 aromatic rings. The molecule has 0 saturated carbocycles. The van der Waals surface area contributed by atoms with Crippen LogP contribution in [0.3, 0.4) is 0 Å². The molecule has 30 heavy (non-hydrogen) atoms. The number of para-hydroxylation sites is 1. The van der Waals surface area contributed by atoms with Gasteiger partial charge in [0.05, 0.1) is 0 Å². The lowest BCUT2D eigenvalue weighted by Gasteiger charge is -2.29. The number of piperazine rings is 1. The van der Waals surface area contributed by atoms with Crippen molar-refractivity contribution in [3.05, 3.63) is 53.6 Å². The van der Waals surface area contributed by atoms with Crippen molar-refractivity contribution in [3.8, 4) is 11.5 Å². The molecule has 160 valence electrons. The second-order valence-electron chi connectivity index (χ2n) is 8.49. The third-order valence-corrected chi connectivity index (χ3v) is 6.34. The molecule has 0 aromatic heterocycles. The molecule has 3 N–H and O–H groups in total. The van der Waals surface area contributed by atoms with E-state index in [-0.39, 0.29) is 5.91 Å². The maximum absolute atomic E-state index is 12.7. The summed E-state index contributed by atoms with van der Waals surface area (Å²) in [6, 6.07) is 14.4. The second kappa shape index (κ2) is 9.49. The zero-order chi connectivity index (χ0) is 20.9. The average molecular weight is 412 g/mol. The fourth-order valence-corrected chi connectivity index (χ4v) is 4.33. The normalized spacial score (nSPS) is 21.3. The zero-order valence-corrected chi connectivity index (χ0v) is 18.0. The summed E-state index contributed by atoms with van der Waals surface area (Å²) in [5.41, 5.74) is 3.46. The molecule has 2 aliphatic heterocycles. The first-order chi connectivity index (χ1) is 14.6. The van der Waals surface area contributed by atoms with Crippen molar-refractivity contribution < 1.29 is 24.1 Å². The first-order valence-electron chi connectivity index (χ1n) is 11.1. The van der Waals surface area contributed by atoms with Gasteiger partial charge in [0.25, 0.3) is 5.91 Å². The van der Waals surface area contributed by atoms with E-state index >= 15 is 0 Å². The summed E-state index contributed by atoms with van der Waals surface area (Å²) in [5.74, 6) is 2.24. The van der Waals surface area contributed by atoms with Crippen LogP contribution < -0.4 is 24.6 Å². The summed E-state index contributed by atoms with van der Waals surface area (Å²) in [6.45, 7) is 10.4. The molecule has 1 saturated heterocycles. The molecule has 0 spiro atoms. The van der Waals surface area contributed by atoms with E-state index in [1.54, 1.807) is 4.90 Å². The van der Waals surface area contributed by atoms with Gasteiger partial charge in [-0.15, -0.1) is 0 Å². The smallest absolute Gasteiger partial charge is 0.279 e. The lowest BCUT2D eigenvalue weighted by Crippen LogP contribution is -3.28. The number of hydrogen-bond acceptors (Lipinski definition) is 3. The summed E-state index contributed by atoms with van der Waals surface area (Å²) >= 11 is 0. The Kier molecular flexibility index (Phi) is 6.55. The molecule has 1 amide bonds. The fraction of sp³-hybridized carbons (Fsp3) is 0.458. The van der Waals surface area contributed by atoms with Crippen molar-refractivity contribution in [2.45, 2.75) is 32.7 Å². The highest BCUT2D eigenvalue weighted by Gasteiger charge is 2.26. The molecular weight excluding hydrogens is 378 g/mol. The summed E-state index contributed by atoms with van der Waals surface area (Å²) in [6.07, 6.45) is 1.06. The summed E-state index contributed by atoms with van der Waals surface area (Å²) in [4.78, 5) is 15.6. The number of nitrogens with one attached hydrogen (secondary N) is 3. The molecule has 0 unspecified atom stereocenters. The Morgan fingerprint density at radius 1 is 1.03 bits per heavy atom. The van der Waals surface area contributed by atoms with Gasteiger partial charge >= 0.3 is 0 Å². The van der Waals surface area contributed by atoms with Crippen molar-refractivity contribution in [1.29, 1.82) is 0 Å². The van der Waals surface area contributed by atoms with Crippen LogP contribution in [0.25, 0.3) is 0 Å². The van der Waals surface area contributed by atoms with Crippen LogP contribution in [-0.2, 0) is 11.3 Å². The number of hydrogen-bond donors (Lipinski definition) is 3. The molecule has 2 heterocycles. The van der Waals surface area contributed by atoms with Gasteiger partial charge in [0.2, 0.25) is 6.79 Å². The SMILES string of the molecule is CC[C@@H](C)c1ccccc1NC(=O)C[NH+]1CC[NH+](Cc2ccc3c(c2)OCO3)CC1. The topological polar surface area (TPSA) is 56.4 Å². The van der Waals surface area contributed by atoms with Gasteiger partial charge in [-0.1, -0.05) is 32.0 Å². The van der Waals surface area contributed by atoms with Crippen LogP contribution in [0.15, 0.2) is 42.5 Å². The van der Waals surface area contributed by atoms with Crippen molar-refractivity contribution in [2.24, 2.45) is 0 Å². The zero-order valence-electron chi connectivity index (χ0n) is 18.0. The number of carbonyl (C=O) groups excluding carboxylic acids is 1. The lowest BCUT2D eigenvalue weighted by molar-refractivity contribution is -1.02. The molecule has 1 fully saturated rings. The minimum atomic E-state index is 0.111. The predicted molar refractivity (Wildman–Crippen MR) is 116 cm³/mol. The molecular formula is C24H33N3O3+2. The van der Waals surface area contributed by atoms with E-state index in [4.69, 9.17) is 9.47 Å². The molecule has 2 aliphatic rings. The van der Waals surface area contributed by atoms with Gasteiger partial charge in [-0.2, -0.15) is 0 Å². The quantitative estimate of drug-likeness (QED) is 0.633. The number of benzene rings is 2. The number of amides is 1. The van der Waals surface area contributed by atoms with Gasteiger partial charge in [0.1, 0.15) is 32.7 Å². The van der Waals surface area contributed by atoms with Crippen LogP contribution in [0.1, 0.15) is 37.3 Å². The number of ether oxygens (including phenoxy) is 2. The molecule has 6 heteroatoms. The molecule has 4 rings (SSSR count). The second-order valence-corrected chi connectivity index (χ2v) is 8.49. The standard InChI is InChI=1S/C24H31N3O3/c1-3-18(2)20-6-4-5-7-21(20)25-24(28)16-27-12-10-26(11-13-27)15-19-8-9-22-23(14-19)30-17-29-22/h4-9,14,18H,3,10-13,15-17H2,1-2H3,(H,25,28)/p+2/t18-/m1/s1. The number of quaternary nitrogens is 2. The van der Waals surface area contributed by atoms with E-state index in [1.807, 2.05) is 24.3 Å². The van der Waals surface area contributed by atoms with Crippen molar-refractivity contribution in [1.82, 2.24) is 0 Å². The fourth-order valence-electron chi connectivity index (χ4n) is 4.33. The van der Waals surface area contributed by atoms with Gasteiger partial charge in [0, 0.05) is 11.3 Å². The largest absolute Gasteiger partial charge is 0.454 e. The van der Waals surface area contributed by atoms with Gasteiger partial charge in [0.15, 0.2) is 18.0 Å². The Labute approximate surface area is 178 Å². The minimum absolute atomic E-state index is 0.111. The van der Waals surface area contributed by atoms with E-state index in [2.05, 4.69) is 37.4 Å². The first kappa shape index (κ1) is 20.7. The molecule has 6 nitrogen and oxygen atoms in total. The summed E-state index contributed by atoms with van der Waals surface area (Å²) in [7, 11) is 0. The molecule has 2 aromatic carbocycles. The Hall–Kier alpha value is -2.57. The van der Waals surface area contributed by atoms with Crippen molar-refractivity contribution in [3.63, 3.8) is 0 Å². The van der Waals surface area contributed by atoms with Gasteiger partial charge in [-0.3, -0.25) is 4.79 Å². The lowest BCUT2D eigenvalue weighted by atomic mass is 9.97. The Morgan fingerprint density at radius 2 is 1.77 bits per heavy atom. The van der Waals surface area contributed by atoms with E-state index in [0.717, 1.165) is 56.3 Å². The summed E-state index contributed by atoms with van der Waals surface area (Å²) < 4.78 is 10.9. The van der Waals surface area contributed by atoms with Crippen LogP contribution in [0.5, 0.6) is 11.5 Å². The monoisotopic (exact) mass is 411 g/mol. The maximum Gasteiger partial charge on any atom is 0.279 e.